The number of rotatable bonds is 7. The van der Waals surface area contributed by atoms with Crippen LogP contribution in [0.4, 0.5) is 5.69 Å². The Morgan fingerprint density at radius 2 is 2.15 bits per heavy atom. The van der Waals surface area contributed by atoms with Gasteiger partial charge in [-0.05, 0) is 37.0 Å². The van der Waals surface area contributed by atoms with E-state index in [0.29, 0.717) is 24.1 Å². The van der Waals surface area contributed by atoms with Crippen LogP contribution >= 0.6 is 0 Å². The van der Waals surface area contributed by atoms with Gasteiger partial charge in [-0.2, -0.15) is 5.26 Å². The molecule has 11 heteroatoms. The highest BCUT2D eigenvalue weighted by molar-refractivity contribution is 7.91. The van der Waals surface area contributed by atoms with Crippen LogP contribution in [0.3, 0.4) is 0 Å². The molecule has 0 amide bonds. The molecule has 0 radical (unpaired) electrons. The van der Waals surface area contributed by atoms with Gasteiger partial charge in [0.1, 0.15) is 17.6 Å². The van der Waals surface area contributed by atoms with Gasteiger partial charge in [0.2, 0.25) is 5.89 Å². The molecule has 2 N–H and O–H groups in total. The summed E-state index contributed by atoms with van der Waals surface area (Å²) in [6, 6.07) is 6.65. The number of anilines is 1. The van der Waals surface area contributed by atoms with Gasteiger partial charge in [0, 0.05) is 36.9 Å². The zero-order chi connectivity index (χ0) is 23.9. The van der Waals surface area contributed by atoms with E-state index in [-0.39, 0.29) is 45.7 Å². The molecule has 1 aliphatic carbocycles. The number of carbonyl (C=O) groups excluding carboxylic acids is 1. The molecule has 0 bridgehead atoms. The molecule has 0 saturated heterocycles. The molecule has 0 atom stereocenters. The van der Waals surface area contributed by atoms with Crippen LogP contribution in [-0.4, -0.2) is 45.9 Å². The Hall–Kier alpha value is -4.04. The molecular weight excluding hydrogens is 456 g/mol. The van der Waals surface area contributed by atoms with Gasteiger partial charge < -0.3 is 14.7 Å². The maximum atomic E-state index is 12.8. The smallest absolute Gasteiger partial charge is 0.230 e. The Morgan fingerprint density at radius 1 is 1.32 bits per heavy atom. The second kappa shape index (κ2) is 8.39. The van der Waals surface area contributed by atoms with Crippen molar-refractivity contribution in [3.8, 4) is 17.5 Å². The average Bonchev–Trinajstić information content (AvgIpc) is 3.47. The first-order valence-electron chi connectivity index (χ1n) is 10.6. The number of aromatic nitrogens is 4. The Morgan fingerprint density at radius 3 is 2.88 bits per heavy atom. The summed E-state index contributed by atoms with van der Waals surface area (Å²) in [7, 11) is -3.59. The van der Waals surface area contributed by atoms with Crippen molar-refractivity contribution in [3.05, 3.63) is 54.3 Å². The van der Waals surface area contributed by atoms with E-state index in [2.05, 4.69) is 25.3 Å². The first-order chi connectivity index (χ1) is 16.3. The molecule has 10 nitrogen and oxygen atoms in total. The Balaban J connectivity index is 1.33. The number of nitriles is 1. The molecule has 4 aromatic rings. The van der Waals surface area contributed by atoms with Gasteiger partial charge in [-0.15, -0.1) is 0 Å². The number of ketones is 1. The number of pyridine rings is 2. The molecule has 172 valence electrons. The van der Waals surface area contributed by atoms with Gasteiger partial charge in [0.25, 0.3) is 0 Å². The standard InChI is InChI=1S/C23H20N6O4S/c1-13(30)19-11-33-23(29-19)18-10-27-22-17(3-5-26-22)21(18)28-16-6-15(7-16)12-34(31,32)20-8-14(9-24)2-4-25-20/h2-5,8,10-11,15-16H,6-7,12H2,1H3,(H2,26,27,28). The minimum Gasteiger partial charge on any atom is -0.444 e. The number of Topliss-reactive ketones (excluding diaryl/α,β-unsaturated/α-hetero) is 1. The lowest BCUT2D eigenvalue weighted by atomic mass is 9.81. The van der Waals surface area contributed by atoms with Crippen molar-refractivity contribution in [3.63, 3.8) is 0 Å². The number of carbonyl (C=O) groups is 1. The third-order valence-electron chi connectivity index (χ3n) is 5.90. The van der Waals surface area contributed by atoms with E-state index in [9.17, 15) is 13.2 Å². The van der Waals surface area contributed by atoms with Crippen molar-refractivity contribution in [2.45, 2.75) is 30.8 Å². The maximum absolute atomic E-state index is 12.8. The summed E-state index contributed by atoms with van der Waals surface area (Å²) >= 11 is 0. The molecule has 0 aromatic carbocycles. The molecule has 4 aromatic heterocycles. The van der Waals surface area contributed by atoms with Crippen LogP contribution in [0, 0.1) is 17.2 Å². The highest BCUT2D eigenvalue weighted by Gasteiger charge is 2.35. The zero-order valence-corrected chi connectivity index (χ0v) is 19.0. The minimum absolute atomic E-state index is 0.0302. The van der Waals surface area contributed by atoms with Gasteiger partial charge >= 0.3 is 0 Å². The van der Waals surface area contributed by atoms with Crippen molar-refractivity contribution in [2.75, 3.05) is 11.1 Å². The lowest BCUT2D eigenvalue weighted by Gasteiger charge is -2.36. The lowest BCUT2D eigenvalue weighted by Crippen LogP contribution is -2.39. The molecule has 4 heterocycles. The summed E-state index contributed by atoms with van der Waals surface area (Å²) < 4.78 is 31.0. The van der Waals surface area contributed by atoms with Crippen LogP contribution in [0.2, 0.25) is 0 Å². The molecule has 5 rings (SSSR count). The fraction of sp³-hybridized carbons (Fsp3) is 0.261. The van der Waals surface area contributed by atoms with E-state index in [1.165, 1.54) is 31.5 Å². The van der Waals surface area contributed by atoms with Crippen molar-refractivity contribution < 1.29 is 17.6 Å². The Bertz CT molecular complexity index is 1540. The van der Waals surface area contributed by atoms with E-state index >= 15 is 0 Å². The first-order valence-corrected chi connectivity index (χ1v) is 12.3. The second-order valence-corrected chi connectivity index (χ2v) is 10.3. The molecule has 0 spiro atoms. The van der Waals surface area contributed by atoms with Crippen molar-refractivity contribution >= 4 is 32.3 Å². The van der Waals surface area contributed by atoms with E-state index in [0.717, 1.165) is 11.1 Å². The van der Waals surface area contributed by atoms with Gasteiger partial charge in [-0.3, -0.25) is 4.79 Å². The molecular formula is C23H20N6O4S. The van der Waals surface area contributed by atoms with Crippen LogP contribution in [0.1, 0.15) is 35.8 Å². The summed E-state index contributed by atoms with van der Waals surface area (Å²) in [5.74, 6) is 0.0219. The van der Waals surface area contributed by atoms with E-state index in [1.54, 1.807) is 12.4 Å². The highest BCUT2D eigenvalue weighted by Crippen LogP contribution is 2.38. The highest BCUT2D eigenvalue weighted by atomic mass is 32.2. The average molecular weight is 477 g/mol. The molecule has 1 saturated carbocycles. The predicted octanol–water partition coefficient (Wildman–Crippen LogP) is 3.35. The second-order valence-electron chi connectivity index (χ2n) is 8.34. The molecule has 34 heavy (non-hydrogen) atoms. The molecule has 0 aliphatic heterocycles. The van der Waals surface area contributed by atoms with E-state index in [1.807, 2.05) is 12.1 Å². The van der Waals surface area contributed by atoms with Crippen LogP contribution in [0.5, 0.6) is 0 Å². The number of nitrogens with zero attached hydrogens (tertiary/aromatic N) is 4. The molecule has 1 aliphatic rings. The monoisotopic (exact) mass is 476 g/mol. The normalized spacial score (nSPS) is 17.8. The summed E-state index contributed by atoms with van der Waals surface area (Å²) in [5.41, 5.74) is 2.57. The summed E-state index contributed by atoms with van der Waals surface area (Å²) in [5, 5.41) is 13.3. The topological polar surface area (TPSA) is 155 Å². The van der Waals surface area contributed by atoms with Crippen molar-refractivity contribution in [1.82, 2.24) is 19.9 Å². The summed E-state index contributed by atoms with van der Waals surface area (Å²) in [4.78, 5) is 27.3. The number of H-pyrrole nitrogens is 1. The lowest BCUT2D eigenvalue weighted by molar-refractivity contribution is 0.101. The fourth-order valence-corrected chi connectivity index (χ4v) is 5.71. The van der Waals surface area contributed by atoms with Crippen LogP contribution in [0.25, 0.3) is 22.5 Å². The largest absolute Gasteiger partial charge is 0.444 e. The van der Waals surface area contributed by atoms with Crippen LogP contribution < -0.4 is 5.32 Å². The van der Waals surface area contributed by atoms with E-state index < -0.39 is 9.84 Å². The summed E-state index contributed by atoms with van der Waals surface area (Å²) in [6.45, 7) is 1.42. The van der Waals surface area contributed by atoms with Crippen LogP contribution in [0.15, 0.2) is 52.5 Å². The summed E-state index contributed by atoms with van der Waals surface area (Å²) in [6.07, 6.45) is 7.36. The van der Waals surface area contributed by atoms with Gasteiger partial charge in [-0.1, -0.05) is 0 Å². The zero-order valence-electron chi connectivity index (χ0n) is 18.1. The third-order valence-corrected chi connectivity index (χ3v) is 7.67. The van der Waals surface area contributed by atoms with Gasteiger partial charge in [0.05, 0.1) is 28.6 Å². The SMILES string of the molecule is CC(=O)c1coc(-c2cnc3[nH]ccc3c2NC2CC(CS(=O)(=O)c3cc(C#N)ccn3)C2)n1. The molecule has 0 unspecified atom stereocenters. The predicted molar refractivity (Wildman–Crippen MR) is 123 cm³/mol. The van der Waals surface area contributed by atoms with Crippen LogP contribution in [-0.2, 0) is 9.84 Å². The quantitative estimate of drug-likeness (QED) is 0.382. The van der Waals surface area contributed by atoms with Crippen molar-refractivity contribution in [2.24, 2.45) is 5.92 Å². The van der Waals surface area contributed by atoms with E-state index in [4.69, 9.17) is 9.68 Å². The number of nitrogens with one attached hydrogen (secondary N) is 2. The Labute approximate surface area is 195 Å². The van der Waals surface area contributed by atoms with Crippen molar-refractivity contribution in [1.29, 1.82) is 5.26 Å². The minimum atomic E-state index is -3.59. The number of hydrogen-bond acceptors (Lipinski definition) is 9. The first kappa shape index (κ1) is 21.8. The number of oxazole rings is 1. The maximum Gasteiger partial charge on any atom is 0.230 e. The van der Waals surface area contributed by atoms with Gasteiger partial charge in [-0.25, -0.2) is 23.4 Å². The fourth-order valence-electron chi connectivity index (χ4n) is 4.12. The van der Waals surface area contributed by atoms with Gasteiger partial charge in [0.15, 0.2) is 20.6 Å². The number of sulfone groups is 1. The number of aromatic amines is 1. The third kappa shape index (κ3) is 4.04. The number of fused-ring (bicyclic) bond motifs is 1. The Kier molecular flexibility index (Phi) is 5.37. The molecule has 1 fully saturated rings. The number of hydrogen-bond donors (Lipinski definition) is 2.